The molecular weight excluding hydrogens is 283 g/mol. The third-order valence-corrected chi connectivity index (χ3v) is 2.49. The van der Waals surface area contributed by atoms with Crippen LogP contribution in [-0.4, -0.2) is 32.0 Å². The number of nitrogens with zero attached hydrogens (tertiary/aromatic N) is 1. The predicted molar refractivity (Wildman–Crippen MR) is 63.2 cm³/mol. The van der Waals surface area contributed by atoms with E-state index >= 15 is 0 Å². The van der Waals surface area contributed by atoms with Crippen molar-refractivity contribution in [2.24, 2.45) is 0 Å². The number of ether oxygens (including phenoxy) is 2. The number of hydrogen-bond acceptors (Lipinski definition) is 4. The molecule has 0 aliphatic carbocycles. The number of nitrogens with one attached hydrogen (secondary N) is 1. The number of hydrogen-bond donors (Lipinski definition) is 1. The van der Waals surface area contributed by atoms with E-state index in [1.54, 1.807) is 26.5 Å². The zero-order valence-corrected chi connectivity index (χ0v) is 10.8. The van der Waals surface area contributed by atoms with Crippen molar-refractivity contribution in [3.63, 3.8) is 0 Å². The normalized spacial score (nSPS) is 10.7. The van der Waals surface area contributed by atoms with Gasteiger partial charge in [-0.2, -0.15) is 0 Å². The molecule has 1 N–H and O–H groups in total. The molecule has 1 aromatic rings. The fraction of sp³-hybridized carbons (Fsp3) is 0.444. The lowest BCUT2D eigenvalue weighted by atomic mass is 10.4. The van der Waals surface area contributed by atoms with Gasteiger partial charge < -0.3 is 14.8 Å². The van der Waals surface area contributed by atoms with Crippen LogP contribution in [0.2, 0.25) is 5.02 Å². The second-order valence-electron chi connectivity index (χ2n) is 2.77. The number of halogens is 2. The molecule has 84 valence electrons. The Labute approximate surface area is 102 Å². The van der Waals surface area contributed by atoms with Crippen LogP contribution in [0.25, 0.3) is 0 Å². The Balaban J connectivity index is 2.57. The van der Waals surface area contributed by atoms with Gasteiger partial charge in [-0.05, 0) is 22.0 Å². The predicted octanol–water partition coefficient (Wildman–Crippen LogP) is 2.53. The van der Waals surface area contributed by atoms with Crippen LogP contribution in [0.3, 0.4) is 0 Å². The summed E-state index contributed by atoms with van der Waals surface area (Å²) in [6, 6.07) is 1.77. The van der Waals surface area contributed by atoms with Gasteiger partial charge in [-0.15, -0.1) is 0 Å². The van der Waals surface area contributed by atoms with Crippen molar-refractivity contribution < 1.29 is 9.47 Å². The van der Waals surface area contributed by atoms with E-state index < -0.39 is 0 Å². The highest BCUT2D eigenvalue weighted by atomic mass is 79.9. The van der Waals surface area contributed by atoms with Gasteiger partial charge >= 0.3 is 0 Å². The second kappa shape index (κ2) is 6.27. The Morgan fingerprint density at radius 1 is 1.53 bits per heavy atom. The van der Waals surface area contributed by atoms with Crippen LogP contribution in [0, 0.1) is 0 Å². The topological polar surface area (TPSA) is 43.4 Å². The summed E-state index contributed by atoms with van der Waals surface area (Å²) in [6.45, 7) is 0.487. The van der Waals surface area contributed by atoms with E-state index in [-0.39, 0.29) is 6.29 Å². The van der Waals surface area contributed by atoms with Crippen LogP contribution >= 0.6 is 27.5 Å². The Hall–Kier alpha value is -0.360. The molecule has 0 radical (unpaired) electrons. The summed E-state index contributed by atoms with van der Waals surface area (Å²) in [7, 11) is 3.15. The van der Waals surface area contributed by atoms with Crippen LogP contribution < -0.4 is 5.32 Å². The van der Waals surface area contributed by atoms with Crippen LogP contribution in [0.4, 0.5) is 5.82 Å². The van der Waals surface area contributed by atoms with Crippen molar-refractivity contribution in [2.45, 2.75) is 6.29 Å². The van der Waals surface area contributed by atoms with Crippen LogP contribution in [0.1, 0.15) is 0 Å². The van der Waals surface area contributed by atoms with Crippen molar-refractivity contribution in [1.29, 1.82) is 0 Å². The van der Waals surface area contributed by atoms with Crippen LogP contribution in [-0.2, 0) is 9.47 Å². The molecule has 1 heterocycles. The zero-order chi connectivity index (χ0) is 11.3. The molecule has 0 aromatic carbocycles. The van der Waals surface area contributed by atoms with Crippen molar-refractivity contribution in [3.05, 3.63) is 21.8 Å². The molecule has 0 spiro atoms. The van der Waals surface area contributed by atoms with Gasteiger partial charge in [0.15, 0.2) is 6.29 Å². The Morgan fingerprint density at radius 2 is 2.20 bits per heavy atom. The van der Waals surface area contributed by atoms with E-state index in [9.17, 15) is 0 Å². The Kier molecular flexibility index (Phi) is 5.31. The summed E-state index contributed by atoms with van der Waals surface area (Å²) >= 11 is 9.24. The van der Waals surface area contributed by atoms with Gasteiger partial charge in [0.2, 0.25) is 0 Å². The lowest BCUT2D eigenvalue weighted by molar-refractivity contribution is -0.0914. The van der Waals surface area contributed by atoms with Gasteiger partial charge in [0.1, 0.15) is 5.82 Å². The van der Waals surface area contributed by atoms with E-state index in [0.717, 1.165) is 4.47 Å². The molecule has 15 heavy (non-hydrogen) atoms. The van der Waals surface area contributed by atoms with Gasteiger partial charge in [-0.3, -0.25) is 0 Å². The molecule has 1 aromatic heterocycles. The first-order valence-corrected chi connectivity index (χ1v) is 5.45. The maximum absolute atomic E-state index is 5.96. The van der Waals surface area contributed by atoms with Gasteiger partial charge in [0.05, 0.1) is 11.6 Å². The number of methoxy groups -OCH3 is 2. The molecule has 6 heteroatoms. The monoisotopic (exact) mass is 294 g/mol. The fourth-order valence-corrected chi connectivity index (χ4v) is 1.68. The summed E-state index contributed by atoms with van der Waals surface area (Å²) in [5.41, 5.74) is 0. The quantitative estimate of drug-likeness (QED) is 0.848. The van der Waals surface area contributed by atoms with Crippen molar-refractivity contribution in [2.75, 3.05) is 26.1 Å². The number of aromatic nitrogens is 1. The van der Waals surface area contributed by atoms with Crippen LogP contribution in [0.5, 0.6) is 0 Å². The molecule has 0 unspecified atom stereocenters. The molecule has 0 amide bonds. The number of pyridine rings is 1. The summed E-state index contributed by atoms with van der Waals surface area (Å²) in [6.07, 6.45) is 1.36. The number of rotatable bonds is 5. The molecule has 0 saturated carbocycles. The summed E-state index contributed by atoms with van der Waals surface area (Å²) in [5.74, 6) is 0.610. The van der Waals surface area contributed by atoms with E-state index in [1.807, 2.05) is 0 Å². The average molecular weight is 296 g/mol. The van der Waals surface area contributed by atoms with E-state index in [4.69, 9.17) is 21.1 Å². The molecule has 1 rings (SSSR count). The first kappa shape index (κ1) is 12.7. The smallest absolute Gasteiger partial charge is 0.173 e. The maximum atomic E-state index is 5.96. The lowest BCUT2D eigenvalue weighted by Gasteiger charge is -2.14. The van der Waals surface area contributed by atoms with E-state index in [2.05, 4.69) is 26.2 Å². The summed E-state index contributed by atoms with van der Waals surface area (Å²) in [4.78, 5) is 4.12. The van der Waals surface area contributed by atoms with Gasteiger partial charge in [-0.25, -0.2) is 4.98 Å². The summed E-state index contributed by atoms with van der Waals surface area (Å²) in [5, 5.41) is 3.58. The van der Waals surface area contributed by atoms with E-state index in [0.29, 0.717) is 17.4 Å². The van der Waals surface area contributed by atoms with Crippen molar-refractivity contribution >= 4 is 33.3 Å². The highest BCUT2D eigenvalue weighted by Crippen LogP contribution is 2.22. The maximum Gasteiger partial charge on any atom is 0.173 e. The van der Waals surface area contributed by atoms with Gasteiger partial charge in [-0.1, -0.05) is 11.6 Å². The second-order valence-corrected chi connectivity index (χ2v) is 4.09. The molecule has 0 atom stereocenters. The third kappa shape index (κ3) is 3.95. The summed E-state index contributed by atoms with van der Waals surface area (Å²) < 4.78 is 10.9. The molecule has 0 aliphatic heterocycles. The molecular formula is C9H12BrClN2O2. The van der Waals surface area contributed by atoms with Crippen molar-refractivity contribution in [3.8, 4) is 0 Å². The molecule has 4 nitrogen and oxygen atoms in total. The SMILES string of the molecule is COC(CNc1ncc(Br)cc1Cl)OC. The largest absolute Gasteiger partial charge is 0.364 e. The Morgan fingerprint density at radius 3 is 2.73 bits per heavy atom. The third-order valence-electron chi connectivity index (χ3n) is 1.77. The minimum absolute atomic E-state index is 0.313. The Bertz CT molecular complexity index is 321. The van der Waals surface area contributed by atoms with Crippen molar-refractivity contribution in [1.82, 2.24) is 4.98 Å². The van der Waals surface area contributed by atoms with E-state index in [1.165, 1.54) is 0 Å². The first-order valence-electron chi connectivity index (χ1n) is 4.28. The van der Waals surface area contributed by atoms with Gasteiger partial charge in [0.25, 0.3) is 0 Å². The minimum atomic E-state index is -0.313. The lowest BCUT2D eigenvalue weighted by Crippen LogP contribution is -2.24. The number of anilines is 1. The highest BCUT2D eigenvalue weighted by Gasteiger charge is 2.07. The zero-order valence-electron chi connectivity index (χ0n) is 8.46. The molecule has 0 bridgehead atoms. The molecule has 0 saturated heterocycles. The van der Waals surface area contributed by atoms with Gasteiger partial charge in [0, 0.05) is 24.9 Å². The molecule has 0 aliphatic rings. The fourth-order valence-electron chi connectivity index (χ4n) is 0.988. The average Bonchev–Trinajstić information content (AvgIpc) is 2.22. The molecule has 0 fully saturated rings. The minimum Gasteiger partial charge on any atom is -0.364 e. The standard InChI is InChI=1S/C9H12BrClN2O2/c1-14-8(15-2)5-13-9-7(11)3-6(10)4-12-9/h3-4,8H,5H2,1-2H3,(H,12,13). The highest BCUT2D eigenvalue weighted by molar-refractivity contribution is 9.10. The first-order chi connectivity index (χ1) is 7.17. The van der Waals surface area contributed by atoms with Crippen LogP contribution in [0.15, 0.2) is 16.7 Å².